The molecule has 1 N–H and O–H groups in total. The number of carbonyl (C=O) groups is 1. The molecule has 1 atom stereocenters. The lowest BCUT2D eigenvalue weighted by Gasteiger charge is -2.34. The predicted molar refractivity (Wildman–Crippen MR) is 80.7 cm³/mol. The number of morpholine rings is 1. The first-order chi connectivity index (χ1) is 10.7. The van der Waals surface area contributed by atoms with E-state index >= 15 is 0 Å². The average Bonchev–Trinajstić information content (AvgIpc) is 3.17. The van der Waals surface area contributed by atoms with Gasteiger partial charge in [-0.1, -0.05) is 18.5 Å². The number of nitrogens with one attached hydrogen (secondary N) is 1. The van der Waals surface area contributed by atoms with Gasteiger partial charge in [0.25, 0.3) is 5.91 Å². The summed E-state index contributed by atoms with van der Waals surface area (Å²) < 4.78 is 7.21. The maximum absolute atomic E-state index is 12.8. The van der Waals surface area contributed by atoms with E-state index in [1.807, 2.05) is 13.0 Å². The zero-order valence-electron chi connectivity index (χ0n) is 12.3. The van der Waals surface area contributed by atoms with Crippen molar-refractivity contribution in [3.63, 3.8) is 0 Å². The van der Waals surface area contributed by atoms with Crippen LogP contribution in [0.3, 0.4) is 0 Å². The smallest absolute Gasteiger partial charge is 0.276 e. The molecule has 1 aliphatic heterocycles. The van der Waals surface area contributed by atoms with Crippen LogP contribution in [0.4, 0.5) is 0 Å². The van der Waals surface area contributed by atoms with Gasteiger partial charge in [-0.15, -0.1) is 0 Å². The van der Waals surface area contributed by atoms with E-state index < -0.39 is 0 Å². The van der Waals surface area contributed by atoms with E-state index in [0.717, 1.165) is 18.7 Å². The van der Waals surface area contributed by atoms with Crippen molar-refractivity contribution >= 4 is 17.5 Å². The van der Waals surface area contributed by atoms with E-state index in [0.29, 0.717) is 30.5 Å². The molecule has 118 valence electrons. The Morgan fingerprint density at radius 2 is 2.45 bits per heavy atom. The fourth-order valence-corrected chi connectivity index (χ4v) is 2.81. The van der Waals surface area contributed by atoms with Crippen LogP contribution in [0.15, 0.2) is 18.5 Å². The monoisotopic (exact) mass is 323 g/mol. The van der Waals surface area contributed by atoms with Gasteiger partial charge in [-0.25, -0.2) is 0 Å². The van der Waals surface area contributed by atoms with Crippen LogP contribution in [0.25, 0.3) is 0 Å². The van der Waals surface area contributed by atoms with Crippen LogP contribution in [0, 0.1) is 0 Å². The zero-order valence-corrected chi connectivity index (χ0v) is 13.1. The second-order valence-electron chi connectivity index (χ2n) is 5.19. The number of halogens is 1. The van der Waals surface area contributed by atoms with Gasteiger partial charge in [-0.05, 0) is 12.5 Å². The average molecular weight is 324 g/mol. The number of aromatic nitrogens is 4. The van der Waals surface area contributed by atoms with E-state index in [4.69, 9.17) is 16.3 Å². The van der Waals surface area contributed by atoms with Crippen molar-refractivity contribution in [3.05, 3.63) is 34.9 Å². The number of carbonyl (C=O) groups excluding carboxylic acids is 1. The molecule has 0 spiro atoms. The van der Waals surface area contributed by atoms with Crippen molar-refractivity contribution in [1.29, 1.82) is 0 Å². The molecule has 0 saturated carbocycles. The van der Waals surface area contributed by atoms with Gasteiger partial charge in [0, 0.05) is 25.5 Å². The molecule has 2 aromatic rings. The van der Waals surface area contributed by atoms with Crippen LogP contribution in [0.5, 0.6) is 0 Å². The number of aryl methyl sites for hydroxylation is 1. The molecule has 3 heterocycles. The number of nitrogens with zero attached hydrogens (tertiary/aromatic N) is 4. The predicted octanol–water partition coefficient (Wildman–Crippen LogP) is 1.88. The van der Waals surface area contributed by atoms with Crippen molar-refractivity contribution in [2.75, 3.05) is 19.8 Å². The molecule has 2 aromatic heterocycles. The Balaban J connectivity index is 1.86. The molecule has 0 unspecified atom stereocenters. The number of hydrogen-bond donors (Lipinski definition) is 1. The number of aromatic amines is 1. The molecular weight excluding hydrogens is 306 g/mol. The lowest BCUT2D eigenvalue weighted by molar-refractivity contribution is -0.00425. The molecule has 1 saturated heterocycles. The highest BCUT2D eigenvalue weighted by Crippen LogP contribution is 2.26. The third kappa shape index (κ3) is 2.86. The Labute approximate surface area is 133 Å². The van der Waals surface area contributed by atoms with Crippen molar-refractivity contribution in [3.8, 4) is 0 Å². The Bertz CT molecular complexity index is 640. The van der Waals surface area contributed by atoms with Gasteiger partial charge in [0.1, 0.15) is 0 Å². The van der Waals surface area contributed by atoms with E-state index in [2.05, 4.69) is 15.3 Å². The highest BCUT2D eigenvalue weighted by molar-refractivity contribution is 6.33. The van der Waals surface area contributed by atoms with Crippen molar-refractivity contribution < 1.29 is 9.53 Å². The van der Waals surface area contributed by atoms with Crippen LogP contribution >= 0.6 is 11.6 Å². The molecule has 0 aromatic carbocycles. The Morgan fingerprint density at radius 1 is 1.59 bits per heavy atom. The normalized spacial score (nSPS) is 18.6. The second kappa shape index (κ2) is 6.50. The number of hydrogen-bond acceptors (Lipinski definition) is 4. The summed E-state index contributed by atoms with van der Waals surface area (Å²) in [6, 6.07) is 1.65. The van der Waals surface area contributed by atoms with Crippen LogP contribution in [0.1, 0.15) is 35.6 Å². The van der Waals surface area contributed by atoms with Gasteiger partial charge in [-0.3, -0.25) is 14.6 Å². The summed E-state index contributed by atoms with van der Waals surface area (Å²) in [6.07, 6.45) is 4.29. The summed E-state index contributed by atoms with van der Waals surface area (Å²) in [7, 11) is 0. The Hall–Kier alpha value is -1.86. The van der Waals surface area contributed by atoms with Crippen LogP contribution in [-0.2, 0) is 11.3 Å². The molecule has 1 aliphatic rings. The van der Waals surface area contributed by atoms with E-state index in [1.165, 1.54) is 0 Å². The highest BCUT2D eigenvalue weighted by atomic mass is 35.5. The maximum atomic E-state index is 12.8. The SMILES string of the molecule is CCCn1cc(Cl)c(C(=O)N2CCOC[C@H]2c2ccn[nH]2)n1. The standard InChI is InChI=1S/C14H18ClN5O2/c1-2-5-19-8-10(15)13(18-19)14(21)20-6-7-22-9-12(20)11-3-4-16-17-11/h3-4,8,12H,2,5-7,9H2,1H3,(H,16,17)/t12-/m0/s1. The van der Waals surface area contributed by atoms with E-state index in [-0.39, 0.29) is 11.9 Å². The number of amides is 1. The lowest BCUT2D eigenvalue weighted by Crippen LogP contribution is -2.43. The summed E-state index contributed by atoms with van der Waals surface area (Å²) in [5, 5.41) is 11.5. The van der Waals surface area contributed by atoms with Crippen molar-refractivity contribution in [1.82, 2.24) is 24.9 Å². The fraction of sp³-hybridized carbons (Fsp3) is 0.500. The lowest BCUT2D eigenvalue weighted by atomic mass is 10.1. The summed E-state index contributed by atoms with van der Waals surface area (Å²) in [6.45, 7) is 4.22. The molecule has 7 nitrogen and oxygen atoms in total. The quantitative estimate of drug-likeness (QED) is 0.932. The maximum Gasteiger partial charge on any atom is 0.276 e. The number of ether oxygens (including phenoxy) is 1. The fourth-order valence-electron chi connectivity index (χ4n) is 2.58. The first-order valence-corrected chi connectivity index (χ1v) is 7.69. The molecular formula is C14H18ClN5O2. The van der Waals surface area contributed by atoms with Gasteiger partial charge in [0.2, 0.25) is 0 Å². The molecule has 0 radical (unpaired) electrons. The van der Waals surface area contributed by atoms with Crippen molar-refractivity contribution in [2.45, 2.75) is 25.9 Å². The van der Waals surface area contributed by atoms with Gasteiger partial charge >= 0.3 is 0 Å². The molecule has 1 fully saturated rings. The molecule has 22 heavy (non-hydrogen) atoms. The molecule has 3 rings (SSSR count). The van der Waals surface area contributed by atoms with Crippen LogP contribution in [-0.4, -0.2) is 50.5 Å². The first-order valence-electron chi connectivity index (χ1n) is 7.31. The minimum absolute atomic E-state index is 0.178. The molecule has 1 amide bonds. The first kappa shape index (κ1) is 15.1. The van der Waals surface area contributed by atoms with Gasteiger partial charge in [-0.2, -0.15) is 10.2 Å². The summed E-state index contributed by atoms with van der Waals surface area (Å²) in [4.78, 5) is 14.6. The highest BCUT2D eigenvalue weighted by Gasteiger charge is 2.32. The summed E-state index contributed by atoms with van der Waals surface area (Å²) in [5.74, 6) is -0.178. The van der Waals surface area contributed by atoms with E-state index in [1.54, 1.807) is 22.0 Å². The molecule has 0 bridgehead atoms. The van der Waals surface area contributed by atoms with E-state index in [9.17, 15) is 4.79 Å². The minimum atomic E-state index is -0.198. The van der Waals surface area contributed by atoms with Gasteiger partial charge in [0.05, 0.1) is 30.0 Å². The molecule has 0 aliphatic carbocycles. The topological polar surface area (TPSA) is 76.0 Å². The third-order valence-electron chi connectivity index (χ3n) is 3.64. The van der Waals surface area contributed by atoms with Gasteiger partial charge < -0.3 is 9.64 Å². The second-order valence-corrected chi connectivity index (χ2v) is 5.60. The Kier molecular flexibility index (Phi) is 4.44. The Morgan fingerprint density at radius 3 is 3.18 bits per heavy atom. The van der Waals surface area contributed by atoms with Gasteiger partial charge in [0.15, 0.2) is 5.69 Å². The largest absolute Gasteiger partial charge is 0.377 e. The van der Waals surface area contributed by atoms with Crippen LogP contribution in [0.2, 0.25) is 5.02 Å². The zero-order chi connectivity index (χ0) is 15.5. The van der Waals surface area contributed by atoms with Crippen molar-refractivity contribution in [2.24, 2.45) is 0 Å². The summed E-state index contributed by atoms with van der Waals surface area (Å²) in [5.41, 5.74) is 1.14. The molecule has 8 heteroatoms. The number of H-pyrrole nitrogens is 1. The summed E-state index contributed by atoms with van der Waals surface area (Å²) >= 11 is 6.19. The van der Waals surface area contributed by atoms with Crippen LogP contribution < -0.4 is 0 Å². The minimum Gasteiger partial charge on any atom is -0.377 e. The third-order valence-corrected chi connectivity index (χ3v) is 3.92. The number of rotatable bonds is 4.